The van der Waals surface area contributed by atoms with Crippen molar-refractivity contribution in [3.05, 3.63) is 43.8 Å². The summed E-state index contributed by atoms with van der Waals surface area (Å²) in [5, 5.41) is 0. The summed E-state index contributed by atoms with van der Waals surface area (Å²) in [7, 11) is 2.59. The number of carbonyl (C=O) groups excluding carboxylic acids is 4. The van der Waals surface area contributed by atoms with Crippen molar-refractivity contribution in [2.45, 2.75) is 32.1 Å². The van der Waals surface area contributed by atoms with Gasteiger partial charge in [0.15, 0.2) is 11.6 Å². The highest BCUT2D eigenvalue weighted by molar-refractivity contribution is 7.15. The first-order valence-corrected chi connectivity index (χ1v) is 9.93. The van der Waals surface area contributed by atoms with Crippen molar-refractivity contribution in [2.75, 3.05) is 14.2 Å². The van der Waals surface area contributed by atoms with E-state index in [0.717, 1.165) is 9.75 Å². The maximum atomic E-state index is 12.1. The number of carbonyl (C=O) groups is 4. The quantitative estimate of drug-likeness (QED) is 0.440. The van der Waals surface area contributed by atoms with Crippen LogP contribution in [0.2, 0.25) is 0 Å². The number of rotatable bonds is 10. The van der Waals surface area contributed by atoms with Gasteiger partial charge in [-0.05, 0) is 24.3 Å². The molecule has 0 fully saturated rings. The molecule has 0 bridgehead atoms. The summed E-state index contributed by atoms with van der Waals surface area (Å²) < 4.78 is 9.08. The summed E-state index contributed by atoms with van der Waals surface area (Å²) in [6, 6.07) is 7.29. The molecule has 2 aromatic heterocycles. The van der Waals surface area contributed by atoms with E-state index in [9.17, 15) is 19.2 Å². The fourth-order valence-electron chi connectivity index (χ4n) is 2.30. The summed E-state index contributed by atoms with van der Waals surface area (Å²) in [4.78, 5) is 49.7. The number of ether oxygens (including phenoxy) is 2. The third-order valence-electron chi connectivity index (χ3n) is 3.79. The van der Waals surface area contributed by atoms with Gasteiger partial charge in [0, 0.05) is 29.0 Å². The number of hydrogen-bond donors (Lipinski definition) is 0. The molecule has 27 heavy (non-hydrogen) atoms. The van der Waals surface area contributed by atoms with E-state index in [-0.39, 0.29) is 37.2 Å². The van der Waals surface area contributed by atoms with Crippen LogP contribution in [0.15, 0.2) is 24.3 Å². The van der Waals surface area contributed by atoms with Gasteiger partial charge in [0.05, 0.1) is 36.8 Å². The molecule has 144 valence electrons. The SMILES string of the molecule is COC(=O)CCC(=O)c1ccc(Cc2ccc(C(=O)CCC(=O)OC)s2)s1. The highest BCUT2D eigenvalue weighted by Gasteiger charge is 2.15. The van der Waals surface area contributed by atoms with E-state index in [4.69, 9.17) is 0 Å². The zero-order valence-electron chi connectivity index (χ0n) is 15.1. The van der Waals surface area contributed by atoms with Crippen LogP contribution in [0.25, 0.3) is 0 Å². The maximum absolute atomic E-state index is 12.1. The van der Waals surface area contributed by atoms with Crippen LogP contribution in [0.5, 0.6) is 0 Å². The van der Waals surface area contributed by atoms with Crippen LogP contribution in [-0.4, -0.2) is 37.7 Å². The fraction of sp³-hybridized carbons (Fsp3) is 0.368. The van der Waals surface area contributed by atoms with Crippen LogP contribution in [0.3, 0.4) is 0 Å². The molecule has 6 nitrogen and oxygen atoms in total. The smallest absolute Gasteiger partial charge is 0.305 e. The minimum atomic E-state index is -0.400. The number of methoxy groups -OCH3 is 2. The van der Waals surface area contributed by atoms with Crippen molar-refractivity contribution >= 4 is 46.2 Å². The molecule has 8 heteroatoms. The van der Waals surface area contributed by atoms with Gasteiger partial charge >= 0.3 is 11.9 Å². The Kier molecular flexibility index (Phi) is 7.87. The Morgan fingerprint density at radius 3 is 1.48 bits per heavy atom. The van der Waals surface area contributed by atoms with E-state index >= 15 is 0 Å². The summed E-state index contributed by atoms with van der Waals surface area (Å²) >= 11 is 2.78. The molecule has 0 radical (unpaired) electrons. The molecule has 0 aliphatic carbocycles. The molecular formula is C19H20O6S2. The third-order valence-corrected chi connectivity index (χ3v) is 6.04. The van der Waals surface area contributed by atoms with Gasteiger partial charge in [-0.25, -0.2) is 0 Å². The minimum absolute atomic E-state index is 0.0739. The number of hydrogen-bond acceptors (Lipinski definition) is 8. The average molecular weight is 408 g/mol. The lowest BCUT2D eigenvalue weighted by atomic mass is 10.2. The van der Waals surface area contributed by atoms with Gasteiger partial charge in [0.2, 0.25) is 0 Å². The Balaban J connectivity index is 1.91. The Hall–Kier alpha value is -2.32. The minimum Gasteiger partial charge on any atom is -0.469 e. The normalized spacial score (nSPS) is 10.4. The molecule has 0 spiro atoms. The lowest BCUT2D eigenvalue weighted by molar-refractivity contribution is -0.141. The molecule has 0 atom stereocenters. The van der Waals surface area contributed by atoms with E-state index < -0.39 is 11.9 Å². The Morgan fingerprint density at radius 1 is 0.704 bits per heavy atom. The summed E-state index contributed by atoms with van der Waals surface area (Å²) in [6.07, 6.45) is 1.04. The Morgan fingerprint density at radius 2 is 1.11 bits per heavy atom. The molecule has 2 aromatic rings. The van der Waals surface area contributed by atoms with Crippen LogP contribution < -0.4 is 0 Å². The maximum Gasteiger partial charge on any atom is 0.305 e. The largest absolute Gasteiger partial charge is 0.469 e. The number of esters is 2. The lowest BCUT2D eigenvalue weighted by Crippen LogP contribution is -2.04. The summed E-state index contributed by atoms with van der Waals surface area (Å²) in [6.45, 7) is 0. The second-order valence-electron chi connectivity index (χ2n) is 5.71. The number of ketones is 2. The molecule has 0 aliphatic rings. The highest BCUT2D eigenvalue weighted by atomic mass is 32.1. The Bertz CT molecular complexity index is 765. The van der Waals surface area contributed by atoms with Crippen LogP contribution in [0.1, 0.15) is 54.8 Å². The molecule has 0 saturated carbocycles. The molecule has 2 heterocycles. The molecule has 0 aromatic carbocycles. The van der Waals surface area contributed by atoms with Crippen molar-refractivity contribution in [2.24, 2.45) is 0 Å². The second-order valence-corrected chi connectivity index (χ2v) is 8.04. The summed E-state index contributed by atoms with van der Waals surface area (Å²) in [5.41, 5.74) is 0. The van der Waals surface area contributed by atoms with E-state index in [2.05, 4.69) is 9.47 Å². The Labute approximate surface area is 165 Å². The van der Waals surface area contributed by atoms with E-state index in [1.165, 1.54) is 36.9 Å². The van der Waals surface area contributed by atoms with Gasteiger partial charge in [-0.2, -0.15) is 0 Å². The first-order chi connectivity index (χ1) is 12.9. The molecule has 0 N–H and O–H groups in total. The first kappa shape index (κ1) is 21.0. The van der Waals surface area contributed by atoms with Crippen molar-refractivity contribution in [3.8, 4) is 0 Å². The zero-order chi connectivity index (χ0) is 19.8. The molecular weight excluding hydrogens is 388 g/mol. The summed E-state index contributed by atoms with van der Waals surface area (Å²) in [5.74, 6) is -0.964. The van der Waals surface area contributed by atoms with Crippen molar-refractivity contribution < 1.29 is 28.7 Å². The van der Waals surface area contributed by atoms with Crippen LogP contribution in [0.4, 0.5) is 0 Å². The van der Waals surface area contributed by atoms with Gasteiger partial charge in [0.1, 0.15) is 0 Å². The fourth-order valence-corrected chi connectivity index (χ4v) is 4.39. The van der Waals surface area contributed by atoms with Crippen LogP contribution in [-0.2, 0) is 25.5 Å². The molecule has 0 amide bonds. The molecule has 0 saturated heterocycles. The van der Waals surface area contributed by atoms with Crippen molar-refractivity contribution in [3.63, 3.8) is 0 Å². The van der Waals surface area contributed by atoms with Crippen LogP contribution >= 0.6 is 22.7 Å². The standard InChI is InChI=1S/C19H20O6S2/c1-24-18(22)9-5-14(20)16-7-3-12(26-16)11-13-4-8-17(27-13)15(21)6-10-19(23)25-2/h3-4,7-8H,5-6,9-11H2,1-2H3. The van der Waals surface area contributed by atoms with Gasteiger partial charge < -0.3 is 9.47 Å². The van der Waals surface area contributed by atoms with Crippen molar-refractivity contribution in [1.29, 1.82) is 0 Å². The first-order valence-electron chi connectivity index (χ1n) is 8.30. The molecule has 0 aliphatic heterocycles. The third kappa shape index (κ3) is 6.41. The highest BCUT2D eigenvalue weighted by Crippen LogP contribution is 2.26. The van der Waals surface area contributed by atoms with Crippen molar-refractivity contribution in [1.82, 2.24) is 0 Å². The monoisotopic (exact) mass is 408 g/mol. The number of thiophene rings is 2. The topological polar surface area (TPSA) is 86.7 Å². The molecule has 2 rings (SSSR count). The van der Waals surface area contributed by atoms with Gasteiger partial charge in [0.25, 0.3) is 0 Å². The average Bonchev–Trinajstić information content (AvgIpc) is 3.33. The lowest BCUT2D eigenvalue weighted by Gasteiger charge is -1.98. The van der Waals surface area contributed by atoms with Gasteiger partial charge in [-0.3, -0.25) is 19.2 Å². The second kappa shape index (κ2) is 10.1. The van der Waals surface area contributed by atoms with Crippen LogP contribution in [0, 0.1) is 0 Å². The molecule has 0 unspecified atom stereocenters. The zero-order valence-corrected chi connectivity index (χ0v) is 16.7. The van der Waals surface area contributed by atoms with Gasteiger partial charge in [-0.1, -0.05) is 0 Å². The van der Waals surface area contributed by atoms with E-state index in [1.807, 2.05) is 12.1 Å². The predicted molar refractivity (Wildman–Crippen MR) is 103 cm³/mol. The van der Waals surface area contributed by atoms with E-state index in [0.29, 0.717) is 16.2 Å². The number of Topliss-reactive ketones (excluding diaryl/α,β-unsaturated/α-hetero) is 2. The van der Waals surface area contributed by atoms with Gasteiger partial charge in [-0.15, -0.1) is 22.7 Å². The van der Waals surface area contributed by atoms with E-state index in [1.54, 1.807) is 12.1 Å². The predicted octanol–water partition coefficient (Wildman–Crippen LogP) is 3.67.